The fraction of sp³-hybridized carbons (Fsp3) is 0.600. The molecule has 3 N–H and O–H groups in total. The molecule has 1 aliphatic rings. The van der Waals surface area contributed by atoms with E-state index in [1.807, 2.05) is 6.07 Å². The third kappa shape index (κ3) is 5.73. The summed E-state index contributed by atoms with van der Waals surface area (Å²) >= 11 is 3.36. The monoisotopic (exact) mass is 357 g/mol. The number of aldehydes is 1. The van der Waals surface area contributed by atoms with Crippen LogP contribution in [0.1, 0.15) is 36.2 Å². The molecule has 118 valence electrons. The Hall–Kier alpha value is -0.980. The van der Waals surface area contributed by atoms with Gasteiger partial charge in [0.2, 0.25) is 0 Å². The van der Waals surface area contributed by atoms with E-state index < -0.39 is 0 Å². The maximum atomic E-state index is 11.1. The molecule has 1 heterocycles. The lowest BCUT2D eigenvalue weighted by molar-refractivity contribution is -0.112. The second-order valence-electron chi connectivity index (χ2n) is 5.11. The van der Waals surface area contributed by atoms with Crippen LogP contribution in [-0.4, -0.2) is 31.5 Å². The molecule has 0 aromatic carbocycles. The minimum atomic E-state index is -0.244. The van der Waals surface area contributed by atoms with Crippen LogP contribution >= 0.6 is 15.9 Å². The van der Waals surface area contributed by atoms with Crippen molar-refractivity contribution in [3.63, 3.8) is 0 Å². The van der Waals surface area contributed by atoms with Crippen LogP contribution in [0.3, 0.4) is 0 Å². The van der Waals surface area contributed by atoms with E-state index in [1.54, 1.807) is 26.6 Å². The molecule has 2 rings (SSSR count). The van der Waals surface area contributed by atoms with E-state index in [4.69, 9.17) is 5.73 Å². The number of anilines is 1. The molecule has 0 aliphatic heterocycles. The zero-order valence-corrected chi connectivity index (χ0v) is 14.2. The number of nitrogens with one attached hydrogen (secondary N) is 1. The number of hydrogen-bond donors (Lipinski definition) is 2. The predicted molar refractivity (Wildman–Crippen MR) is 88.5 cm³/mol. The molecule has 1 fully saturated rings. The second kappa shape index (κ2) is 9.87. The van der Waals surface area contributed by atoms with Crippen LogP contribution in [0.2, 0.25) is 0 Å². The molecule has 5 nitrogen and oxygen atoms in total. The fourth-order valence-corrected chi connectivity index (χ4v) is 2.82. The van der Waals surface area contributed by atoms with E-state index in [9.17, 15) is 4.79 Å². The summed E-state index contributed by atoms with van der Waals surface area (Å²) < 4.78 is 4.25. The summed E-state index contributed by atoms with van der Waals surface area (Å²) in [6, 6.07) is 2.12. The first-order chi connectivity index (χ1) is 10.1. The second-order valence-corrected chi connectivity index (χ2v) is 6.09. The van der Waals surface area contributed by atoms with E-state index in [0.717, 1.165) is 36.8 Å². The van der Waals surface area contributed by atoms with Crippen molar-refractivity contribution in [2.75, 3.05) is 19.5 Å². The smallest absolute Gasteiger partial charge is 0.125 e. The van der Waals surface area contributed by atoms with Gasteiger partial charge in [-0.1, -0.05) is 28.8 Å². The van der Waals surface area contributed by atoms with Gasteiger partial charge in [0.05, 0.1) is 4.95 Å². The van der Waals surface area contributed by atoms with Crippen LogP contribution < -0.4 is 11.1 Å². The van der Waals surface area contributed by atoms with Gasteiger partial charge in [-0.05, 0) is 18.9 Å². The molecule has 1 aromatic heterocycles. The number of ether oxygens (including phenoxy) is 1. The lowest BCUT2D eigenvalue weighted by Gasteiger charge is -2.30. The van der Waals surface area contributed by atoms with Gasteiger partial charge in [-0.25, -0.2) is 0 Å². The summed E-state index contributed by atoms with van der Waals surface area (Å²) in [6.07, 6.45) is 8.88. The Labute approximate surface area is 134 Å². The third-order valence-corrected chi connectivity index (χ3v) is 3.98. The Bertz CT molecular complexity index is 429. The zero-order valence-electron chi connectivity index (χ0n) is 12.6. The largest absolute Gasteiger partial charge is 0.388 e. The Balaban J connectivity index is 0.000000677. The van der Waals surface area contributed by atoms with Gasteiger partial charge in [0.15, 0.2) is 0 Å². The maximum absolute atomic E-state index is 11.1. The van der Waals surface area contributed by atoms with E-state index in [2.05, 4.69) is 31.0 Å². The van der Waals surface area contributed by atoms with Crippen molar-refractivity contribution in [1.82, 2.24) is 4.98 Å². The number of carbonyl (C=O) groups is 1. The van der Waals surface area contributed by atoms with Crippen molar-refractivity contribution in [1.29, 1.82) is 0 Å². The normalized spacial score (nSPS) is 22.7. The summed E-state index contributed by atoms with van der Waals surface area (Å²) in [5.74, 6) is 0.103. The van der Waals surface area contributed by atoms with E-state index >= 15 is 0 Å². The quantitative estimate of drug-likeness (QED) is 0.492. The number of rotatable bonds is 4. The molecule has 21 heavy (non-hydrogen) atoms. The predicted octanol–water partition coefficient (Wildman–Crippen LogP) is 2.87. The molecular formula is C15H24BrN3O2. The van der Waals surface area contributed by atoms with Gasteiger partial charge >= 0.3 is 0 Å². The first kappa shape index (κ1) is 18.1. The number of halogens is 1. The van der Waals surface area contributed by atoms with Gasteiger partial charge in [-0.15, -0.1) is 0 Å². The first-order valence-electron chi connectivity index (χ1n) is 7.09. The van der Waals surface area contributed by atoms with Crippen LogP contribution in [0.15, 0.2) is 18.5 Å². The highest BCUT2D eigenvalue weighted by molar-refractivity contribution is 9.09. The topological polar surface area (TPSA) is 77.2 Å². The molecule has 0 bridgehead atoms. The average molecular weight is 358 g/mol. The van der Waals surface area contributed by atoms with E-state index in [1.165, 1.54) is 6.42 Å². The SMILES string of the molecule is COC.NC(Br)c1cnccc1N[C@@H]1CCCCC1C=O. The third-order valence-electron chi connectivity index (χ3n) is 3.48. The van der Waals surface area contributed by atoms with Crippen molar-refractivity contribution in [2.24, 2.45) is 11.7 Å². The molecule has 0 saturated heterocycles. The highest BCUT2D eigenvalue weighted by Crippen LogP contribution is 2.29. The van der Waals surface area contributed by atoms with Crippen molar-refractivity contribution in [3.05, 3.63) is 24.0 Å². The Kier molecular flexibility index (Phi) is 8.49. The molecule has 1 aromatic rings. The molecule has 1 aliphatic carbocycles. The summed E-state index contributed by atoms with van der Waals surface area (Å²) in [5, 5.41) is 3.45. The lowest BCUT2D eigenvalue weighted by Crippen LogP contribution is -2.33. The fourth-order valence-electron chi connectivity index (χ4n) is 2.46. The minimum Gasteiger partial charge on any atom is -0.388 e. The molecule has 3 atom stereocenters. The van der Waals surface area contributed by atoms with Gasteiger partial charge in [-0.3, -0.25) is 4.98 Å². The van der Waals surface area contributed by atoms with Crippen LogP contribution in [-0.2, 0) is 9.53 Å². The molecule has 0 radical (unpaired) electrons. The summed E-state index contributed by atoms with van der Waals surface area (Å²) in [5.41, 5.74) is 7.74. The lowest BCUT2D eigenvalue weighted by atomic mass is 9.85. The van der Waals surface area contributed by atoms with Crippen molar-refractivity contribution in [3.8, 4) is 0 Å². The minimum absolute atomic E-state index is 0.103. The van der Waals surface area contributed by atoms with Crippen LogP contribution in [0, 0.1) is 5.92 Å². The first-order valence-corrected chi connectivity index (χ1v) is 8.01. The van der Waals surface area contributed by atoms with Gasteiger partial charge in [-0.2, -0.15) is 0 Å². The number of alkyl halides is 1. The van der Waals surface area contributed by atoms with Crippen molar-refractivity contribution in [2.45, 2.75) is 36.7 Å². The van der Waals surface area contributed by atoms with Gasteiger partial charge in [0.1, 0.15) is 6.29 Å². The van der Waals surface area contributed by atoms with Crippen LogP contribution in [0.5, 0.6) is 0 Å². The van der Waals surface area contributed by atoms with Gasteiger partial charge in [0, 0.05) is 49.8 Å². The number of nitrogens with two attached hydrogens (primary N) is 1. The van der Waals surface area contributed by atoms with Gasteiger partial charge < -0.3 is 20.6 Å². The van der Waals surface area contributed by atoms with Crippen LogP contribution in [0.25, 0.3) is 0 Å². The highest BCUT2D eigenvalue weighted by atomic mass is 79.9. The average Bonchev–Trinajstić information content (AvgIpc) is 2.49. The van der Waals surface area contributed by atoms with Crippen molar-refractivity contribution < 1.29 is 9.53 Å². The number of hydrogen-bond acceptors (Lipinski definition) is 5. The molecule has 0 amide bonds. The molecule has 6 heteroatoms. The summed E-state index contributed by atoms with van der Waals surface area (Å²) in [4.78, 5) is 14.9. The number of nitrogens with zero attached hydrogens (tertiary/aromatic N) is 1. The molecule has 2 unspecified atom stereocenters. The molecule has 1 saturated carbocycles. The number of methoxy groups -OCH3 is 1. The van der Waals surface area contributed by atoms with E-state index in [-0.39, 0.29) is 16.9 Å². The van der Waals surface area contributed by atoms with E-state index in [0.29, 0.717) is 0 Å². The molecular weight excluding hydrogens is 334 g/mol. The Morgan fingerprint density at radius 3 is 2.76 bits per heavy atom. The Morgan fingerprint density at radius 2 is 2.14 bits per heavy atom. The highest BCUT2D eigenvalue weighted by Gasteiger charge is 2.25. The number of carbonyl (C=O) groups excluding carboxylic acids is 1. The van der Waals surface area contributed by atoms with Crippen LogP contribution in [0.4, 0.5) is 5.69 Å². The summed E-state index contributed by atoms with van der Waals surface area (Å²) in [6.45, 7) is 0. The van der Waals surface area contributed by atoms with Crippen molar-refractivity contribution >= 4 is 27.9 Å². The zero-order chi connectivity index (χ0) is 15.7. The summed E-state index contributed by atoms with van der Waals surface area (Å²) in [7, 11) is 3.25. The number of pyridine rings is 1. The Morgan fingerprint density at radius 1 is 1.48 bits per heavy atom. The maximum Gasteiger partial charge on any atom is 0.125 e. The standard InChI is InChI=1S/C13H18BrN3O.C2H6O/c14-13(15)10-7-16-6-5-12(10)17-11-4-2-1-3-9(11)8-18;1-3-2/h5-9,11,13H,1-4,15H2,(H,16,17);1-2H3/t9?,11-,13?;/m1./s1. The molecule has 0 spiro atoms. The number of aromatic nitrogens is 1. The van der Waals surface area contributed by atoms with Gasteiger partial charge in [0.25, 0.3) is 0 Å².